The molecule has 0 bridgehead atoms. The second kappa shape index (κ2) is 5.99. The van der Waals surface area contributed by atoms with Gasteiger partial charge >= 0.3 is 6.61 Å². The van der Waals surface area contributed by atoms with Crippen LogP contribution in [-0.4, -0.2) is 18.6 Å². The maximum absolute atomic E-state index is 12.3. The van der Waals surface area contributed by atoms with Gasteiger partial charge in [-0.1, -0.05) is 18.2 Å². The summed E-state index contributed by atoms with van der Waals surface area (Å²) in [5, 5.41) is 5.84. The molecule has 6 heteroatoms. The number of alkyl halides is 2. The van der Waals surface area contributed by atoms with Crippen LogP contribution in [0.4, 0.5) is 26.1 Å². The van der Waals surface area contributed by atoms with Gasteiger partial charge in [-0.3, -0.25) is 0 Å². The molecule has 4 nitrogen and oxygen atoms in total. The summed E-state index contributed by atoms with van der Waals surface area (Å²) in [4.78, 5) is 4.24. The van der Waals surface area contributed by atoms with E-state index in [1.54, 1.807) is 43.4 Å². The van der Waals surface area contributed by atoms with Crippen LogP contribution in [0.15, 0.2) is 42.5 Å². The smallest absolute Gasteiger partial charge is 0.387 e. The largest absolute Gasteiger partial charge is 0.433 e. The summed E-state index contributed by atoms with van der Waals surface area (Å²) in [6.07, 6.45) is 0. The van der Waals surface area contributed by atoms with Crippen LogP contribution in [-0.2, 0) is 0 Å². The molecule has 0 aliphatic carbocycles. The van der Waals surface area contributed by atoms with E-state index in [1.807, 2.05) is 0 Å². The van der Waals surface area contributed by atoms with Crippen molar-refractivity contribution in [2.24, 2.45) is 0 Å². The number of rotatable bonds is 5. The second-order valence-electron chi connectivity index (χ2n) is 3.66. The Hall–Kier alpha value is -2.37. The normalized spacial score (nSPS) is 10.3. The molecule has 1 aromatic heterocycles. The highest BCUT2D eigenvalue weighted by Crippen LogP contribution is 2.28. The molecule has 0 saturated carbocycles. The van der Waals surface area contributed by atoms with E-state index in [0.29, 0.717) is 17.3 Å². The molecule has 0 amide bonds. The van der Waals surface area contributed by atoms with Gasteiger partial charge in [-0.15, -0.1) is 0 Å². The van der Waals surface area contributed by atoms with Crippen LogP contribution in [0, 0.1) is 0 Å². The Kier molecular flexibility index (Phi) is 4.12. The van der Waals surface area contributed by atoms with Crippen LogP contribution in [0.25, 0.3) is 0 Å². The lowest BCUT2D eigenvalue weighted by Gasteiger charge is -2.12. The van der Waals surface area contributed by atoms with Crippen LogP contribution < -0.4 is 15.4 Å². The van der Waals surface area contributed by atoms with Crippen molar-refractivity contribution in [3.05, 3.63) is 42.5 Å². The Balaban J connectivity index is 2.22. The number of aromatic nitrogens is 1. The van der Waals surface area contributed by atoms with Crippen molar-refractivity contribution in [1.82, 2.24) is 4.98 Å². The lowest BCUT2D eigenvalue weighted by Crippen LogP contribution is -2.05. The van der Waals surface area contributed by atoms with E-state index in [4.69, 9.17) is 0 Å². The zero-order valence-electron chi connectivity index (χ0n) is 10.2. The van der Waals surface area contributed by atoms with Gasteiger partial charge in [-0.05, 0) is 24.3 Å². The molecular weight excluding hydrogens is 252 g/mol. The van der Waals surface area contributed by atoms with Gasteiger partial charge in [0, 0.05) is 7.05 Å². The second-order valence-corrected chi connectivity index (χ2v) is 3.66. The summed E-state index contributed by atoms with van der Waals surface area (Å²) in [6, 6.07) is 11.8. The van der Waals surface area contributed by atoms with E-state index in [-0.39, 0.29) is 5.75 Å². The van der Waals surface area contributed by atoms with Crippen molar-refractivity contribution in [2.75, 3.05) is 17.7 Å². The summed E-state index contributed by atoms with van der Waals surface area (Å²) in [6.45, 7) is -2.86. The third kappa shape index (κ3) is 3.54. The van der Waals surface area contributed by atoms with Crippen LogP contribution >= 0.6 is 0 Å². The lowest BCUT2D eigenvalue weighted by molar-refractivity contribution is -0.0493. The Morgan fingerprint density at radius 3 is 2.53 bits per heavy atom. The van der Waals surface area contributed by atoms with Gasteiger partial charge < -0.3 is 15.4 Å². The first kappa shape index (κ1) is 13.1. The number of para-hydroxylation sites is 2. The Morgan fingerprint density at radius 1 is 1.05 bits per heavy atom. The quantitative estimate of drug-likeness (QED) is 0.869. The van der Waals surface area contributed by atoms with E-state index in [0.717, 1.165) is 0 Å². The maximum Gasteiger partial charge on any atom is 0.387 e. The van der Waals surface area contributed by atoms with Crippen LogP contribution in [0.2, 0.25) is 0 Å². The topological polar surface area (TPSA) is 46.2 Å². The SMILES string of the molecule is CNc1cccc(Nc2ccccc2OC(F)F)n1. The number of pyridine rings is 1. The molecule has 0 atom stereocenters. The first-order valence-electron chi connectivity index (χ1n) is 5.64. The number of hydrogen-bond donors (Lipinski definition) is 2. The van der Waals surface area contributed by atoms with Crippen LogP contribution in [0.1, 0.15) is 0 Å². The Bertz CT molecular complexity index is 549. The molecule has 19 heavy (non-hydrogen) atoms. The minimum absolute atomic E-state index is 0.0779. The molecule has 100 valence electrons. The molecular formula is C13H13F2N3O. The number of benzene rings is 1. The maximum atomic E-state index is 12.3. The van der Waals surface area contributed by atoms with Gasteiger partial charge in [0.15, 0.2) is 0 Å². The highest BCUT2D eigenvalue weighted by molar-refractivity contribution is 5.64. The zero-order valence-corrected chi connectivity index (χ0v) is 10.2. The van der Waals surface area contributed by atoms with Crippen molar-refractivity contribution < 1.29 is 13.5 Å². The van der Waals surface area contributed by atoms with Gasteiger partial charge in [-0.25, -0.2) is 4.98 Å². The Labute approximate surface area is 109 Å². The van der Waals surface area contributed by atoms with Crippen LogP contribution in [0.5, 0.6) is 5.75 Å². The van der Waals surface area contributed by atoms with Gasteiger partial charge in [0.05, 0.1) is 5.69 Å². The minimum atomic E-state index is -2.86. The number of hydrogen-bond acceptors (Lipinski definition) is 4. The molecule has 0 saturated heterocycles. The highest BCUT2D eigenvalue weighted by Gasteiger charge is 2.09. The Morgan fingerprint density at radius 2 is 1.79 bits per heavy atom. The third-order valence-corrected chi connectivity index (χ3v) is 2.37. The summed E-state index contributed by atoms with van der Waals surface area (Å²) < 4.78 is 29.0. The molecule has 0 spiro atoms. The van der Waals surface area contributed by atoms with Gasteiger partial charge in [0.25, 0.3) is 0 Å². The number of anilines is 3. The number of nitrogens with one attached hydrogen (secondary N) is 2. The highest BCUT2D eigenvalue weighted by atomic mass is 19.3. The summed E-state index contributed by atoms with van der Waals surface area (Å²) in [7, 11) is 1.75. The van der Waals surface area contributed by atoms with E-state index >= 15 is 0 Å². The number of halogens is 2. The van der Waals surface area contributed by atoms with Crippen molar-refractivity contribution in [2.45, 2.75) is 6.61 Å². The fourth-order valence-corrected chi connectivity index (χ4v) is 1.55. The van der Waals surface area contributed by atoms with Crippen molar-refractivity contribution in [1.29, 1.82) is 0 Å². The van der Waals surface area contributed by atoms with E-state index in [1.165, 1.54) is 6.07 Å². The summed E-state index contributed by atoms with van der Waals surface area (Å²) >= 11 is 0. The van der Waals surface area contributed by atoms with E-state index < -0.39 is 6.61 Å². The fraction of sp³-hybridized carbons (Fsp3) is 0.154. The zero-order chi connectivity index (χ0) is 13.7. The van der Waals surface area contributed by atoms with Crippen molar-refractivity contribution in [3.63, 3.8) is 0 Å². The molecule has 0 fully saturated rings. The van der Waals surface area contributed by atoms with Crippen LogP contribution in [0.3, 0.4) is 0 Å². The molecule has 1 aromatic carbocycles. The van der Waals surface area contributed by atoms with E-state index in [2.05, 4.69) is 20.4 Å². The predicted molar refractivity (Wildman–Crippen MR) is 70.1 cm³/mol. The molecule has 2 N–H and O–H groups in total. The number of nitrogens with zero attached hydrogens (tertiary/aromatic N) is 1. The standard InChI is InChI=1S/C13H13F2N3O/c1-16-11-7-4-8-12(18-11)17-9-5-2-3-6-10(9)19-13(14)15/h2-8,13H,1H3,(H2,16,17,18). The lowest BCUT2D eigenvalue weighted by atomic mass is 10.3. The molecule has 2 rings (SSSR count). The van der Waals surface area contributed by atoms with Gasteiger partial charge in [-0.2, -0.15) is 8.78 Å². The molecule has 1 heterocycles. The molecule has 0 aliphatic heterocycles. The first-order valence-corrected chi connectivity index (χ1v) is 5.64. The average Bonchev–Trinajstić information content (AvgIpc) is 2.41. The van der Waals surface area contributed by atoms with Gasteiger partial charge in [0.2, 0.25) is 0 Å². The van der Waals surface area contributed by atoms with Gasteiger partial charge in [0.1, 0.15) is 17.4 Å². The minimum Gasteiger partial charge on any atom is -0.433 e. The molecule has 2 aromatic rings. The monoisotopic (exact) mass is 265 g/mol. The molecule has 0 aliphatic rings. The van der Waals surface area contributed by atoms with Crippen molar-refractivity contribution >= 4 is 17.3 Å². The summed E-state index contributed by atoms with van der Waals surface area (Å²) in [5.74, 6) is 1.29. The van der Waals surface area contributed by atoms with Crippen molar-refractivity contribution in [3.8, 4) is 5.75 Å². The summed E-state index contributed by atoms with van der Waals surface area (Å²) in [5.41, 5.74) is 0.434. The predicted octanol–water partition coefficient (Wildman–Crippen LogP) is 3.47. The van der Waals surface area contributed by atoms with E-state index in [9.17, 15) is 8.78 Å². The third-order valence-electron chi connectivity index (χ3n) is 2.37. The first-order chi connectivity index (χ1) is 9.19. The average molecular weight is 265 g/mol. The number of ether oxygens (including phenoxy) is 1. The molecule has 0 unspecified atom stereocenters. The molecule has 0 radical (unpaired) electrons. The fourth-order valence-electron chi connectivity index (χ4n) is 1.55.